The van der Waals surface area contributed by atoms with Gasteiger partial charge in [-0.2, -0.15) is 0 Å². The second kappa shape index (κ2) is 5.48. The average Bonchev–Trinajstić information content (AvgIpc) is 2.90. The molecule has 0 spiro atoms. The monoisotopic (exact) mass is 305 g/mol. The molecule has 1 amide bonds. The summed E-state index contributed by atoms with van der Waals surface area (Å²) >= 11 is 6.09. The van der Waals surface area contributed by atoms with E-state index in [0.717, 1.165) is 29.9 Å². The van der Waals surface area contributed by atoms with Crippen LogP contribution in [0.2, 0.25) is 5.15 Å². The number of methoxy groups -OCH3 is 1. The highest BCUT2D eigenvalue weighted by atomic mass is 35.5. The average molecular weight is 306 g/mol. The van der Waals surface area contributed by atoms with Crippen LogP contribution in [-0.4, -0.2) is 48.2 Å². The maximum Gasteiger partial charge on any atom is 0.219 e. The van der Waals surface area contributed by atoms with Gasteiger partial charge in [0.05, 0.1) is 25.1 Å². The zero-order valence-corrected chi connectivity index (χ0v) is 12.8. The highest BCUT2D eigenvalue weighted by Gasteiger charge is 2.28. The van der Waals surface area contributed by atoms with Crippen LogP contribution in [0.15, 0.2) is 28.3 Å². The van der Waals surface area contributed by atoms with Crippen LogP contribution in [0.4, 0.5) is 0 Å². The summed E-state index contributed by atoms with van der Waals surface area (Å²) in [4.78, 5) is 22.4. The number of carbonyl (C=O) groups excluding carboxylic acids is 1. The van der Waals surface area contributed by atoms with Crippen molar-refractivity contribution in [3.05, 3.63) is 34.1 Å². The van der Waals surface area contributed by atoms with Crippen molar-refractivity contribution in [3.8, 4) is 5.75 Å². The van der Waals surface area contributed by atoms with E-state index in [1.807, 2.05) is 11.0 Å². The van der Waals surface area contributed by atoms with Crippen molar-refractivity contribution in [2.24, 2.45) is 4.99 Å². The van der Waals surface area contributed by atoms with E-state index in [9.17, 15) is 4.79 Å². The molecule has 0 fully saturated rings. The Balaban J connectivity index is 1.91. The third-order valence-corrected chi connectivity index (χ3v) is 4.17. The van der Waals surface area contributed by atoms with Gasteiger partial charge in [-0.25, -0.2) is 4.98 Å². The van der Waals surface area contributed by atoms with Crippen LogP contribution in [0.3, 0.4) is 0 Å². The molecule has 2 aliphatic heterocycles. The van der Waals surface area contributed by atoms with Crippen LogP contribution < -0.4 is 4.74 Å². The van der Waals surface area contributed by atoms with Gasteiger partial charge in [-0.1, -0.05) is 11.6 Å². The molecule has 2 aliphatic rings. The van der Waals surface area contributed by atoms with E-state index in [1.165, 1.54) is 5.57 Å². The van der Waals surface area contributed by atoms with Gasteiger partial charge in [0.1, 0.15) is 0 Å². The molecule has 5 nitrogen and oxygen atoms in total. The Labute approximate surface area is 128 Å². The van der Waals surface area contributed by atoms with E-state index in [-0.39, 0.29) is 5.91 Å². The predicted octanol–water partition coefficient (Wildman–Crippen LogP) is 2.10. The van der Waals surface area contributed by atoms with Gasteiger partial charge >= 0.3 is 0 Å². The van der Waals surface area contributed by atoms with Crippen molar-refractivity contribution in [1.29, 1.82) is 0 Å². The molecular weight excluding hydrogens is 290 g/mol. The van der Waals surface area contributed by atoms with Gasteiger partial charge in [0.2, 0.25) is 5.91 Å². The molecule has 1 aromatic heterocycles. The maximum atomic E-state index is 11.6. The smallest absolute Gasteiger partial charge is 0.219 e. The summed E-state index contributed by atoms with van der Waals surface area (Å²) < 4.78 is 5.12. The number of ether oxygens (including phenoxy) is 1. The van der Waals surface area contributed by atoms with Gasteiger partial charge in [-0.05, 0) is 24.1 Å². The number of pyridine rings is 1. The zero-order valence-electron chi connectivity index (χ0n) is 12.0. The zero-order chi connectivity index (χ0) is 15.0. The van der Waals surface area contributed by atoms with E-state index in [2.05, 4.69) is 9.98 Å². The van der Waals surface area contributed by atoms with E-state index < -0.39 is 0 Å². The Morgan fingerprint density at radius 1 is 1.43 bits per heavy atom. The van der Waals surface area contributed by atoms with Crippen molar-refractivity contribution in [2.45, 2.75) is 13.3 Å². The fourth-order valence-corrected chi connectivity index (χ4v) is 2.93. The summed E-state index contributed by atoms with van der Waals surface area (Å²) in [5.74, 6) is 0.635. The first kappa shape index (κ1) is 14.1. The largest absolute Gasteiger partial charge is 0.494 e. The first-order valence-corrected chi connectivity index (χ1v) is 7.20. The second-order valence-corrected chi connectivity index (χ2v) is 5.49. The molecule has 0 saturated heterocycles. The van der Waals surface area contributed by atoms with Gasteiger partial charge < -0.3 is 9.64 Å². The Bertz CT molecular complexity index is 667. The Hall–Kier alpha value is -1.88. The highest BCUT2D eigenvalue weighted by molar-refractivity contribution is 6.31. The lowest BCUT2D eigenvalue weighted by atomic mass is 9.97. The Morgan fingerprint density at radius 2 is 2.24 bits per heavy atom. The number of hydrogen-bond donors (Lipinski definition) is 0. The minimum Gasteiger partial charge on any atom is -0.494 e. The number of amides is 1. The van der Waals surface area contributed by atoms with Gasteiger partial charge in [0.15, 0.2) is 10.9 Å². The van der Waals surface area contributed by atoms with Crippen molar-refractivity contribution in [3.63, 3.8) is 0 Å². The van der Waals surface area contributed by atoms with Crippen molar-refractivity contribution < 1.29 is 9.53 Å². The lowest BCUT2D eigenvalue weighted by Gasteiger charge is -2.27. The normalized spacial score (nSPS) is 17.7. The summed E-state index contributed by atoms with van der Waals surface area (Å²) in [5, 5.41) is 0.325. The van der Waals surface area contributed by atoms with Crippen LogP contribution in [0.1, 0.15) is 19.0 Å². The third kappa shape index (κ3) is 2.53. The van der Waals surface area contributed by atoms with Crippen LogP contribution in [0.5, 0.6) is 5.75 Å². The summed E-state index contributed by atoms with van der Waals surface area (Å²) in [5.41, 5.74) is 4.00. The number of nitrogens with zero attached hydrogens (tertiary/aromatic N) is 3. The van der Waals surface area contributed by atoms with Crippen molar-refractivity contribution in [1.82, 2.24) is 9.88 Å². The fraction of sp³-hybridized carbons (Fsp3) is 0.400. The Kier molecular flexibility index (Phi) is 3.68. The molecule has 110 valence electrons. The topological polar surface area (TPSA) is 54.8 Å². The fourth-order valence-electron chi connectivity index (χ4n) is 2.70. The van der Waals surface area contributed by atoms with Gasteiger partial charge in [0.25, 0.3) is 0 Å². The van der Waals surface area contributed by atoms with Gasteiger partial charge in [-0.15, -0.1) is 0 Å². The summed E-state index contributed by atoms with van der Waals surface area (Å²) in [6.45, 7) is 3.67. The predicted molar refractivity (Wildman–Crippen MR) is 81.1 cm³/mol. The molecule has 0 aliphatic carbocycles. The molecule has 0 radical (unpaired) electrons. The molecule has 0 saturated carbocycles. The van der Waals surface area contributed by atoms with E-state index in [1.54, 1.807) is 20.1 Å². The van der Waals surface area contributed by atoms with Gasteiger partial charge in [-0.3, -0.25) is 9.79 Å². The molecule has 21 heavy (non-hydrogen) atoms. The van der Waals surface area contributed by atoms with Crippen LogP contribution in [-0.2, 0) is 4.79 Å². The molecule has 3 rings (SSSR count). The summed E-state index contributed by atoms with van der Waals surface area (Å²) in [6, 6.07) is 3.64. The van der Waals surface area contributed by atoms with E-state index >= 15 is 0 Å². The highest BCUT2D eigenvalue weighted by Crippen LogP contribution is 2.29. The third-order valence-electron chi connectivity index (χ3n) is 3.90. The van der Waals surface area contributed by atoms with Crippen LogP contribution >= 0.6 is 11.6 Å². The quantitative estimate of drug-likeness (QED) is 0.786. The van der Waals surface area contributed by atoms with Crippen LogP contribution in [0.25, 0.3) is 0 Å². The standard InChI is InChI=1S/C15H16ClN3O2/c1-9(20)19-6-5-10-7-17-14(11(10)8-19)12-3-4-13(21-2)15(16)18-12/h3-4H,5-8H2,1-2H3. The van der Waals surface area contributed by atoms with Crippen molar-refractivity contribution in [2.75, 3.05) is 26.7 Å². The van der Waals surface area contributed by atoms with Gasteiger partial charge in [0, 0.05) is 25.6 Å². The van der Waals surface area contributed by atoms with Crippen LogP contribution in [0, 0.1) is 0 Å². The number of halogens is 1. The maximum absolute atomic E-state index is 11.6. The molecule has 0 unspecified atom stereocenters. The van der Waals surface area contributed by atoms with Crippen molar-refractivity contribution >= 4 is 23.2 Å². The molecule has 0 bridgehead atoms. The number of aliphatic imine (C=N–C) groups is 1. The molecule has 6 heteroatoms. The lowest BCUT2D eigenvalue weighted by Crippen LogP contribution is -2.36. The summed E-state index contributed by atoms with van der Waals surface area (Å²) in [6.07, 6.45) is 0.881. The van der Waals surface area contributed by atoms with E-state index in [4.69, 9.17) is 16.3 Å². The number of hydrogen-bond acceptors (Lipinski definition) is 4. The molecule has 0 atom stereocenters. The molecule has 0 aromatic carbocycles. The molecule has 1 aromatic rings. The minimum atomic E-state index is 0.0912. The van der Waals surface area contributed by atoms with E-state index in [0.29, 0.717) is 24.0 Å². The number of rotatable bonds is 2. The lowest BCUT2D eigenvalue weighted by molar-refractivity contribution is -0.128. The Morgan fingerprint density at radius 3 is 2.90 bits per heavy atom. The summed E-state index contributed by atoms with van der Waals surface area (Å²) in [7, 11) is 1.56. The minimum absolute atomic E-state index is 0.0912. The molecule has 3 heterocycles. The number of carbonyl (C=O) groups is 1. The second-order valence-electron chi connectivity index (χ2n) is 5.13. The number of aromatic nitrogens is 1. The SMILES string of the molecule is COc1ccc(C2=NCC3=C2CN(C(C)=O)CC3)nc1Cl. The first-order valence-electron chi connectivity index (χ1n) is 6.82. The molecule has 0 N–H and O–H groups in total. The first-order chi connectivity index (χ1) is 10.1. The molecular formula is C15H16ClN3O2.